The first kappa shape index (κ1) is 19.9. The fourth-order valence-electron chi connectivity index (χ4n) is 2.97. The highest BCUT2D eigenvalue weighted by Crippen LogP contribution is 2.35. The summed E-state index contributed by atoms with van der Waals surface area (Å²) >= 11 is 0. The van der Waals surface area contributed by atoms with Crippen molar-refractivity contribution >= 4 is 22.4 Å². The number of halogens is 5. The molecule has 0 unspecified atom stereocenters. The van der Waals surface area contributed by atoms with E-state index < -0.39 is 40.1 Å². The summed E-state index contributed by atoms with van der Waals surface area (Å²) in [7, 11) is 0. The summed E-state index contributed by atoms with van der Waals surface area (Å²) < 4.78 is 77.5. The fraction of sp³-hybridized carbons (Fsp3) is 0.182. The van der Waals surface area contributed by atoms with Crippen LogP contribution in [0.1, 0.15) is 30.5 Å². The Kier molecular flexibility index (Phi) is 5.68. The van der Waals surface area contributed by atoms with Gasteiger partial charge in [-0.3, -0.25) is 0 Å². The Hall–Kier alpha value is -2.89. The monoisotopic (exact) mass is 392 g/mol. The molecule has 0 bridgehead atoms. The molecule has 0 radical (unpaired) electrons. The van der Waals surface area contributed by atoms with Crippen LogP contribution in [0.4, 0.5) is 22.0 Å². The lowest BCUT2D eigenvalue weighted by Crippen LogP contribution is -1.99. The number of aryl methyl sites for hydroxylation is 1. The molecule has 146 valence electrons. The van der Waals surface area contributed by atoms with Crippen LogP contribution in [0.25, 0.3) is 22.4 Å². The Bertz CT molecular complexity index is 1050. The molecule has 0 saturated carbocycles. The maximum Gasteiger partial charge on any atom is 0.169 e. The van der Waals surface area contributed by atoms with Crippen molar-refractivity contribution in [3.63, 3.8) is 0 Å². The molecule has 0 fully saturated rings. The van der Waals surface area contributed by atoms with Gasteiger partial charge in [0.05, 0.1) is 12.0 Å². The molecule has 0 aliphatic carbocycles. The number of ether oxygens (including phenoxy) is 1. The third-order valence-corrected chi connectivity index (χ3v) is 4.43. The molecule has 0 amide bonds. The van der Waals surface area contributed by atoms with Gasteiger partial charge in [0.1, 0.15) is 11.6 Å². The SMILES string of the molecule is CCOc1ccc(C(F)=C(F)c2ccc3cc(CC)c(F)c(F)c3c2F)cc1. The predicted octanol–water partition coefficient (Wildman–Crippen LogP) is 6.98. The van der Waals surface area contributed by atoms with Crippen molar-refractivity contribution in [2.75, 3.05) is 6.61 Å². The minimum Gasteiger partial charge on any atom is -0.494 e. The highest BCUT2D eigenvalue weighted by atomic mass is 19.2. The van der Waals surface area contributed by atoms with Gasteiger partial charge in [0, 0.05) is 11.1 Å². The smallest absolute Gasteiger partial charge is 0.169 e. The van der Waals surface area contributed by atoms with Gasteiger partial charge in [-0.1, -0.05) is 13.0 Å². The van der Waals surface area contributed by atoms with Crippen LogP contribution in [0.15, 0.2) is 42.5 Å². The van der Waals surface area contributed by atoms with Crippen molar-refractivity contribution in [3.8, 4) is 5.75 Å². The highest BCUT2D eigenvalue weighted by Gasteiger charge is 2.22. The van der Waals surface area contributed by atoms with Gasteiger partial charge in [0.15, 0.2) is 23.3 Å². The molecule has 0 aliphatic rings. The summed E-state index contributed by atoms with van der Waals surface area (Å²) in [6.07, 6.45) is 0.211. The van der Waals surface area contributed by atoms with Crippen LogP contribution in [0.3, 0.4) is 0 Å². The second kappa shape index (κ2) is 8.00. The number of hydrogen-bond acceptors (Lipinski definition) is 1. The summed E-state index contributed by atoms with van der Waals surface area (Å²) in [5.41, 5.74) is -0.830. The lowest BCUT2D eigenvalue weighted by atomic mass is 9.99. The topological polar surface area (TPSA) is 9.23 Å². The van der Waals surface area contributed by atoms with Crippen LogP contribution in [-0.2, 0) is 6.42 Å². The molecule has 6 heteroatoms. The zero-order chi connectivity index (χ0) is 20.4. The number of rotatable bonds is 5. The summed E-state index contributed by atoms with van der Waals surface area (Å²) in [5.74, 6) is -6.29. The first-order chi connectivity index (χ1) is 13.4. The quantitative estimate of drug-likeness (QED) is 0.336. The molecule has 0 spiro atoms. The average molecular weight is 392 g/mol. The molecule has 0 heterocycles. The van der Waals surface area contributed by atoms with Gasteiger partial charge in [-0.2, -0.15) is 0 Å². The molecule has 3 aromatic carbocycles. The first-order valence-corrected chi connectivity index (χ1v) is 8.76. The lowest BCUT2D eigenvalue weighted by Gasteiger charge is -2.10. The summed E-state index contributed by atoms with van der Waals surface area (Å²) in [5, 5.41) is -0.631. The van der Waals surface area contributed by atoms with E-state index in [1.165, 1.54) is 36.4 Å². The minimum atomic E-state index is -1.50. The largest absolute Gasteiger partial charge is 0.494 e. The molecule has 3 rings (SSSR count). The Morgan fingerprint density at radius 1 is 0.821 bits per heavy atom. The molecule has 0 atom stereocenters. The molecule has 1 nitrogen and oxygen atoms in total. The second-order valence-electron chi connectivity index (χ2n) is 6.13. The number of benzene rings is 3. The van der Waals surface area contributed by atoms with Gasteiger partial charge in [-0.25, -0.2) is 22.0 Å². The molecule has 0 aliphatic heterocycles. The Balaban J connectivity index is 2.12. The number of fused-ring (bicyclic) bond motifs is 1. The van der Waals surface area contributed by atoms with Gasteiger partial charge >= 0.3 is 0 Å². The first-order valence-electron chi connectivity index (χ1n) is 8.76. The van der Waals surface area contributed by atoms with E-state index in [1.54, 1.807) is 13.8 Å². The fourth-order valence-corrected chi connectivity index (χ4v) is 2.97. The maximum atomic E-state index is 14.8. The molecule has 28 heavy (non-hydrogen) atoms. The summed E-state index contributed by atoms with van der Waals surface area (Å²) in [6, 6.07) is 9.01. The van der Waals surface area contributed by atoms with Crippen molar-refractivity contribution in [2.24, 2.45) is 0 Å². The van der Waals surface area contributed by atoms with Crippen LogP contribution < -0.4 is 4.74 Å². The third kappa shape index (κ3) is 3.46. The Morgan fingerprint density at radius 2 is 1.50 bits per heavy atom. The van der Waals surface area contributed by atoms with E-state index in [2.05, 4.69) is 0 Å². The van der Waals surface area contributed by atoms with Crippen molar-refractivity contribution in [1.82, 2.24) is 0 Å². The number of hydrogen-bond donors (Lipinski definition) is 0. The molecule has 0 N–H and O–H groups in total. The van der Waals surface area contributed by atoms with Gasteiger partial charge in [0.2, 0.25) is 0 Å². The molecular weight excluding hydrogens is 375 g/mol. The van der Waals surface area contributed by atoms with Gasteiger partial charge in [-0.05, 0) is 60.7 Å². The van der Waals surface area contributed by atoms with E-state index in [1.807, 2.05) is 0 Å². The molecule has 0 saturated heterocycles. The Labute approximate surface area is 159 Å². The van der Waals surface area contributed by atoms with Crippen LogP contribution in [0, 0.1) is 17.5 Å². The van der Waals surface area contributed by atoms with E-state index in [9.17, 15) is 22.0 Å². The minimum absolute atomic E-state index is 0.0753. The van der Waals surface area contributed by atoms with E-state index in [0.717, 1.165) is 6.07 Å². The molecule has 3 aromatic rings. The van der Waals surface area contributed by atoms with Crippen LogP contribution in [0.5, 0.6) is 5.75 Å². The summed E-state index contributed by atoms with van der Waals surface area (Å²) in [6.45, 7) is 3.82. The predicted molar refractivity (Wildman–Crippen MR) is 99.8 cm³/mol. The third-order valence-electron chi connectivity index (χ3n) is 4.43. The zero-order valence-corrected chi connectivity index (χ0v) is 15.3. The zero-order valence-electron chi connectivity index (χ0n) is 15.3. The Morgan fingerprint density at radius 3 is 2.11 bits per heavy atom. The second-order valence-corrected chi connectivity index (χ2v) is 6.13. The van der Waals surface area contributed by atoms with E-state index in [-0.39, 0.29) is 22.9 Å². The maximum absolute atomic E-state index is 14.8. The van der Waals surface area contributed by atoms with E-state index in [4.69, 9.17) is 4.74 Å². The van der Waals surface area contributed by atoms with E-state index in [0.29, 0.717) is 12.4 Å². The standard InChI is InChI=1S/C22H17F5O/c1-3-12-11-14-7-10-16(20(25)17(14)22(27)18(12)23)21(26)19(24)13-5-8-15(9-6-13)28-4-2/h5-11H,3-4H2,1-2H3. The van der Waals surface area contributed by atoms with Crippen molar-refractivity contribution in [2.45, 2.75) is 20.3 Å². The van der Waals surface area contributed by atoms with Gasteiger partial charge in [-0.15, -0.1) is 0 Å². The van der Waals surface area contributed by atoms with Crippen molar-refractivity contribution in [3.05, 3.63) is 76.6 Å². The van der Waals surface area contributed by atoms with E-state index >= 15 is 0 Å². The van der Waals surface area contributed by atoms with Crippen LogP contribution in [0.2, 0.25) is 0 Å². The van der Waals surface area contributed by atoms with Gasteiger partial charge < -0.3 is 4.74 Å². The van der Waals surface area contributed by atoms with Crippen LogP contribution >= 0.6 is 0 Å². The normalized spacial score (nSPS) is 12.2. The van der Waals surface area contributed by atoms with Gasteiger partial charge in [0.25, 0.3) is 0 Å². The van der Waals surface area contributed by atoms with Crippen LogP contribution in [-0.4, -0.2) is 6.61 Å². The van der Waals surface area contributed by atoms with Crippen molar-refractivity contribution in [1.29, 1.82) is 0 Å². The van der Waals surface area contributed by atoms with Crippen molar-refractivity contribution < 1.29 is 26.7 Å². The average Bonchev–Trinajstić information content (AvgIpc) is 2.70. The lowest BCUT2D eigenvalue weighted by molar-refractivity contribution is 0.340. The molecular formula is C22H17F5O. The molecule has 0 aromatic heterocycles. The summed E-state index contributed by atoms with van der Waals surface area (Å²) in [4.78, 5) is 0. The highest BCUT2D eigenvalue weighted by molar-refractivity contribution is 5.91.